The fraction of sp³-hybridized carbons (Fsp3) is 0.138. The maximum atomic E-state index is 13.4. The molecular weight excluding hydrogens is 534 g/mol. The first-order valence-electron chi connectivity index (χ1n) is 12.1. The lowest BCUT2D eigenvalue weighted by Gasteiger charge is -2.24. The largest absolute Gasteiger partial charge is 0.325 e. The fourth-order valence-corrected chi connectivity index (χ4v) is 6.50. The molecule has 0 aliphatic carbocycles. The summed E-state index contributed by atoms with van der Waals surface area (Å²) in [6.45, 7) is 5.15. The molecule has 0 unspecified atom stereocenters. The summed E-state index contributed by atoms with van der Waals surface area (Å²) in [5.74, 6) is -0.584. The van der Waals surface area contributed by atoms with Crippen LogP contribution < -0.4 is 14.3 Å². The Kier molecular flexibility index (Phi) is 8.08. The second-order valence-corrected chi connectivity index (χ2v) is 12.7. The highest BCUT2D eigenvalue weighted by Crippen LogP contribution is 2.25. The molecule has 0 heterocycles. The minimum atomic E-state index is -4.03. The van der Waals surface area contributed by atoms with Crippen molar-refractivity contribution in [3.05, 3.63) is 114 Å². The summed E-state index contributed by atoms with van der Waals surface area (Å²) in [7, 11) is -7.88. The van der Waals surface area contributed by atoms with E-state index >= 15 is 0 Å². The quantitative estimate of drug-likeness (QED) is 0.289. The molecule has 0 spiro atoms. The highest BCUT2D eigenvalue weighted by atomic mass is 32.2. The molecule has 0 saturated heterocycles. The Bertz CT molecular complexity index is 1690. The molecule has 0 aromatic heterocycles. The number of anilines is 3. The average molecular weight is 564 g/mol. The van der Waals surface area contributed by atoms with Crippen molar-refractivity contribution in [1.29, 1.82) is 0 Å². The van der Waals surface area contributed by atoms with Crippen LogP contribution in [0.2, 0.25) is 0 Å². The van der Waals surface area contributed by atoms with E-state index in [-0.39, 0.29) is 9.79 Å². The number of benzene rings is 4. The smallest absolute Gasteiger partial charge is 0.264 e. The topological polar surface area (TPSA) is 113 Å². The molecule has 4 aromatic carbocycles. The van der Waals surface area contributed by atoms with Crippen LogP contribution >= 0.6 is 0 Å². The number of hydrogen-bond acceptors (Lipinski definition) is 5. The highest BCUT2D eigenvalue weighted by molar-refractivity contribution is 7.93. The minimum Gasteiger partial charge on any atom is -0.325 e. The van der Waals surface area contributed by atoms with Crippen LogP contribution in [0.1, 0.15) is 16.7 Å². The summed E-state index contributed by atoms with van der Waals surface area (Å²) in [6.07, 6.45) is 0. The van der Waals surface area contributed by atoms with Gasteiger partial charge >= 0.3 is 0 Å². The normalized spacial score (nSPS) is 11.6. The second kappa shape index (κ2) is 11.3. The van der Waals surface area contributed by atoms with Crippen molar-refractivity contribution < 1.29 is 21.6 Å². The van der Waals surface area contributed by atoms with Gasteiger partial charge in [-0.05, 0) is 80.9 Å². The summed E-state index contributed by atoms with van der Waals surface area (Å²) in [5, 5.41) is 2.66. The predicted octanol–water partition coefficient (Wildman–Crippen LogP) is 5.25. The molecule has 0 fully saturated rings. The molecule has 4 aromatic rings. The van der Waals surface area contributed by atoms with Gasteiger partial charge in [0.05, 0.1) is 21.2 Å². The molecule has 10 heteroatoms. The number of aryl methyl sites for hydroxylation is 3. The summed E-state index contributed by atoms with van der Waals surface area (Å²) < 4.78 is 56.2. The van der Waals surface area contributed by atoms with Crippen molar-refractivity contribution in [1.82, 2.24) is 0 Å². The van der Waals surface area contributed by atoms with E-state index < -0.39 is 32.5 Å². The second-order valence-electron chi connectivity index (χ2n) is 9.16. The van der Waals surface area contributed by atoms with E-state index in [9.17, 15) is 21.6 Å². The number of carbonyl (C=O) groups excluding carboxylic acids is 1. The predicted molar refractivity (Wildman–Crippen MR) is 154 cm³/mol. The summed E-state index contributed by atoms with van der Waals surface area (Å²) in [6, 6.07) is 25.8. The number of hydrogen-bond donors (Lipinski definition) is 2. The van der Waals surface area contributed by atoms with Crippen LogP contribution in [0, 0.1) is 20.8 Å². The van der Waals surface area contributed by atoms with Gasteiger partial charge in [-0.1, -0.05) is 53.6 Å². The zero-order valence-electron chi connectivity index (χ0n) is 21.7. The van der Waals surface area contributed by atoms with Gasteiger partial charge in [-0.25, -0.2) is 16.8 Å². The third kappa shape index (κ3) is 6.65. The molecule has 0 atom stereocenters. The molecule has 8 nitrogen and oxygen atoms in total. The van der Waals surface area contributed by atoms with E-state index in [1.165, 1.54) is 36.4 Å². The number of sulfonamides is 2. The maximum absolute atomic E-state index is 13.4. The van der Waals surface area contributed by atoms with Gasteiger partial charge in [-0.15, -0.1) is 0 Å². The molecule has 2 N–H and O–H groups in total. The number of rotatable bonds is 9. The number of nitrogens with one attached hydrogen (secondary N) is 2. The molecule has 0 radical (unpaired) electrons. The van der Waals surface area contributed by atoms with Crippen molar-refractivity contribution in [2.75, 3.05) is 20.9 Å². The Balaban J connectivity index is 1.52. The number of nitrogens with zero attached hydrogens (tertiary/aromatic N) is 1. The van der Waals surface area contributed by atoms with E-state index in [2.05, 4.69) is 10.0 Å². The van der Waals surface area contributed by atoms with Gasteiger partial charge < -0.3 is 5.32 Å². The van der Waals surface area contributed by atoms with Crippen LogP contribution in [-0.2, 0) is 24.8 Å². The van der Waals surface area contributed by atoms with Crippen molar-refractivity contribution >= 4 is 43.0 Å². The Morgan fingerprint density at radius 2 is 1.33 bits per heavy atom. The van der Waals surface area contributed by atoms with Crippen LogP contribution in [0.15, 0.2) is 107 Å². The fourth-order valence-electron chi connectivity index (χ4n) is 3.93. The van der Waals surface area contributed by atoms with Gasteiger partial charge in [0, 0.05) is 5.69 Å². The van der Waals surface area contributed by atoms with Gasteiger partial charge in [-0.2, -0.15) is 0 Å². The number of carbonyl (C=O) groups is 1. The lowest BCUT2D eigenvalue weighted by atomic mass is 10.1. The monoisotopic (exact) mass is 563 g/mol. The van der Waals surface area contributed by atoms with Crippen LogP contribution in [0.4, 0.5) is 17.1 Å². The van der Waals surface area contributed by atoms with E-state index in [0.29, 0.717) is 17.1 Å². The Hall–Kier alpha value is -4.15. The third-order valence-corrected chi connectivity index (χ3v) is 9.18. The molecule has 0 saturated carbocycles. The molecule has 0 aliphatic rings. The third-order valence-electron chi connectivity index (χ3n) is 6.01. The zero-order chi connectivity index (χ0) is 28.2. The maximum Gasteiger partial charge on any atom is 0.264 e. The van der Waals surface area contributed by atoms with Crippen molar-refractivity contribution in [3.8, 4) is 0 Å². The molecule has 1 amide bonds. The molecule has 39 heavy (non-hydrogen) atoms. The first kappa shape index (κ1) is 27.9. The van der Waals surface area contributed by atoms with E-state index in [1.54, 1.807) is 48.5 Å². The van der Waals surface area contributed by atoms with Gasteiger partial charge in [0.2, 0.25) is 5.91 Å². The van der Waals surface area contributed by atoms with Crippen LogP contribution in [0.5, 0.6) is 0 Å². The Labute approximate surface area is 229 Å². The summed E-state index contributed by atoms with van der Waals surface area (Å²) >= 11 is 0. The molecular formula is C29H29N3O5S2. The van der Waals surface area contributed by atoms with Crippen LogP contribution in [0.3, 0.4) is 0 Å². The first-order chi connectivity index (χ1) is 18.5. The van der Waals surface area contributed by atoms with Crippen molar-refractivity contribution in [2.45, 2.75) is 30.6 Å². The van der Waals surface area contributed by atoms with Crippen LogP contribution in [0.25, 0.3) is 0 Å². The summed E-state index contributed by atoms with van der Waals surface area (Å²) in [4.78, 5) is 13.1. The van der Waals surface area contributed by atoms with Crippen molar-refractivity contribution in [2.24, 2.45) is 0 Å². The molecule has 0 aliphatic heterocycles. The average Bonchev–Trinajstić information content (AvgIpc) is 2.90. The van der Waals surface area contributed by atoms with Crippen molar-refractivity contribution in [3.63, 3.8) is 0 Å². The van der Waals surface area contributed by atoms with Gasteiger partial charge in [0.1, 0.15) is 6.54 Å². The van der Waals surface area contributed by atoms with Gasteiger partial charge in [0.25, 0.3) is 20.0 Å². The van der Waals surface area contributed by atoms with E-state index in [1.807, 2.05) is 32.9 Å². The SMILES string of the molecule is Cc1ccc(N(CC(=O)Nc2ccc(S(=O)(=O)Nc3ccc(C)cc3C)cc2)S(=O)(=O)c2ccccc2)cc1. The molecule has 0 bridgehead atoms. The molecule has 202 valence electrons. The van der Waals surface area contributed by atoms with Crippen LogP contribution in [-0.4, -0.2) is 29.3 Å². The van der Waals surface area contributed by atoms with Gasteiger partial charge in [-0.3, -0.25) is 13.8 Å². The zero-order valence-corrected chi connectivity index (χ0v) is 23.4. The first-order valence-corrected chi connectivity index (χ1v) is 15.0. The number of amides is 1. The summed E-state index contributed by atoms with van der Waals surface area (Å²) in [5.41, 5.74) is 3.92. The van der Waals surface area contributed by atoms with E-state index in [0.717, 1.165) is 21.0 Å². The van der Waals surface area contributed by atoms with E-state index in [4.69, 9.17) is 0 Å². The lowest BCUT2D eigenvalue weighted by molar-refractivity contribution is -0.114. The molecule has 4 rings (SSSR count). The lowest BCUT2D eigenvalue weighted by Crippen LogP contribution is -2.38. The standard InChI is InChI=1S/C29H29N3O5S2/c1-21-9-14-25(15-10-21)32(39(36,37)27-7-5-4-6-8-27)20-29(33)30-24-12-16-26(17-13-24)38(34,35)31-28-18-11-22(2)19-23(28)3/h4-19,31H,20H2,1-3H3,(H,30,33). The van der Waals surface area contributed by atoms with Gasteiger partial charge in [0.15, 0.2) is 0 Å². The Morgan fingerprint density at radius 1 is 0.718 bits per heavy atom. The Morgan fingerprint density at radius 3 is 1.95 bits per heavy atom. The minimum absolute atomic E-state index is 0.0217. The highest BCUT2D eigenvalue weighted by Gasteiger charge is 2.27.